The molecule has 0 radical (unpaired) electrons. The van der Waals surface area contributed by atoms with Crippen molar-refractivity contribution in [2.45, 2.75) is 34.1 Å². The first-order chi connectivity index (χ1) is 9.06. The van der Waals surface area contributed by atoms with E-state index in [1.165, 1.54) is 15.3 Å². The number of thiophene rings is 1. The maximum atomic E-state index is 4.31. The van der Waals surface area contributed by atoms with E-state index in [1.807, 2.05) is 0 Å². The molecule has 1 N–H and O–H groups in total. The highest BCUT2D eigenvalue weighted by Gasteiger charge is 2.10. The molecule has 0 amide bonds. The second-order valence-corrected chi connectivity index (χ2v) is 7.52. The number of rotatable bonds is 6. The topological polar surface area (TPSA) is 37.8 Å². The Morgan fingerprint density at radius 2 is 2.00 bits per heavy atom. The summed E-state index contributed by atoms with van der Waals surface area (Å²) >= 11 is 3.52. The predicted octanol–water partition coefficient (Wildman–Crippen LogP) is 3.67. The number of hydrogen-bond acceptors (Lipinski definition) is 5. The van der Waals surface area contributed by atoms with Crippen molar-refractivity contribution in [3.8, 4) is 9.88 Å². The number of aromatic nitrogens is 2. The van der Waals surface area contributed by atoms with Crippen LogP contribution in [-0.4, -0.2) is 23.3 Å². The molecule has 0 saturated heterocycles. The monoisotopic (exact) mass is 295 g/mol. The summed E-state index contributed by atoms with van der Waals surface area (Å²) in [6, 6.07) is 2.21. The van der Waals surface area contributed by atoms with Gasteiger partial charge in [0.25, 0.3) is 0 Å². The first-order valence-electron chi connectivity index (χ1n) is 6.66. The van der Waals surface area contributed by atoms with Crippen LogP contribution < -0.4 is 5.32 Å². The number of nitrogens with zero attached hydrogens (tertiary/aromatic N) is 2. The second-order valence-electron chi connectivity index (χ2n) is 5.20. The molecular weight excluding hydrogens is 274 g/mol. The standard InChI is InChI=1S/C14H21N3S2/c1-9(2)8-15-6-5-13-16-17-14(19-13)12-7-10(3)11(4)18-12/h7,9,15H,5-6,8H2,1-4H3. The second kappa shape index (κ2) is 6.59. The number of nitrogens with one attached hydrogen (secondary N) is 1. The Bertz CT molecular complexity index is 509. The maximum absolute atomic E-state index is 4.31. The predicted molar refractivity (Wildman–Crippen MR) is 84.1 cm³/mol. The van der Waals surface area contributed by atoms with Crippen molar-refractivity contribution in [3.05, 3.63) is 21.5 Å². The van der Waals surface area contributed by atoms with Gasteiger partial charge >= 0.3 is 0 Å². The highest BCUT2D eigenvalue weighted by Crippen LogP contribution is 2.32. The Morgan fingerprint density at radius 1 is 1.21 bits per heavy atom. The van der Waals surface area contributed by atoms with Crippen molar-refractivity contribution in [1.82, 2.24) is 15.5 Å². The van der Waals surface area contributed by atoms with E-state index in [4.69, 9.17) is 0 Å². The molecule has 104 valence electrons. The summed E-state index contributed by atoms with van der Waals surface area (Å²) in [6.45, 7) is 10.8. The third kappa shape index (κ3) is 4.09. The van der Waals surface area contributed by atoms with Crippen LogP contribution in [0.5, 0.6) is 0 Å². The van der Waals surface area contributed by atoms with Gasteiger partial charge in [-0.05, 0) is 37.9 Å². The van der Waals surface area contributed by atoms with Crippen molar-refractivity contribution in [3.63, 3.8) is 0 Å². The highest BCUT2D eigenvalue weighted by atomic mass is 32.1. The van der Waals surface area contributed by atoms with Crippen LogP contribution in [0.2, 0.25) is 0 Å². The van der Waals surface area contributed by atoms with Crippen molar-refractivity contribution >= 4 is 22.7 Å². The minimum absolute atomic E-state index is 0.696. The Morgan fingerprint density at radius 3 is 2.63 bits per heavy atom. The molecule has 2 aromatic heterocycles. The van der Waals surface area contributed by atoms with Gasteiger partial charge in [0, 0.05) is 17.8 Å². The molecule has 0 spiro atoms. The lowest BCUT2D eigenvalue weighted by atomic mass is 10.2. The van der Waals surface area contributed by atoms with E-state index in [0.29, 0.717) is 5.92 Å². The first kappa shape index (κ1) is 14.6. The van der Waals surface area contributed by atoms with Crippen LogP contribution in [0.15, 0.2) is 6.07 Å². The van der Waals surface area contributed by atoms with Crippen LogP contribution in [0.3, 0.4) is 0 Å². The van der Waals surface area contributed by atoms with Gasteiger partial charge in [-0.25, -0.2) is 0 Å². The molecule has 0 unspecified atom stereocenters. The zero-order chi connectivity index (χ0) is 13.8. The van der Waals surface area contributed by atoms with Gasteiger partial charge in [0.1, 0.15) is 5.01 Å². The van der Waals surface area contributed by atoms with E-state index in [0.717, 1.165) is 29.5 Å². The van der Waals surface area contributed by atoms with Crippen LogP contribution >= 0.6 is 22.7 Å². The summed E-state index contributed by atoms with van der Waals surface area (Å²) in [7, 11) is 0. The molecule has 2 heterocycles. The van der Waals surface area contributed by atoms with Gasteiger partial charge < -0.3 is 5.32 Å². The lowest BCUT2D eigenvalue weighted by Crippen LogP contribution is -2.22. The summed E-state index contributed by atoms with van der Waals surface area (Å²) in [6.07, 6.45) is 0.966. The van der Waals surface area contributed by atoms with Crippen LogP contribution in [0.1, 0.15) is 29.3 Å². The smallest absolute Gasteiger partial charge is 0.157 e. The average Bonchev–Trinajstić information content (AvgIpc) is 2.93. The molecule has 0 bridgehead atoms. The van der Waals surface area contributed by atoms with Crippen molar-refractivity contribution < 1.29 is 0 Å². The van der Waals surface area contributed by atoms with Gasteiger partial charge in [-0.1, -0.05) is 25.2 Å². The Labute approximate surface area is 123 Å². The van der Waals surface area contributed by atoms with Crippen molar-refractivity contribution in [1.29, 1.82) is 0 Å². The Balaban J connectivity index is 1.92. The summed E-state index contributed by atoms with van der Waals surface area (Å²) < 4.78 is 0. The van der Waals surface area contributed by atoms with Gasteiger partial charge in [-0.2, -0.15) is 0 Å². The molecule has 2 aromatic rings. The van der Waals surface area contributed by atoms with E-state index >= 15 is 0 Å². The molecule has 0 fully saturated rings. The molecule has 2 rings (SSSR count). The lowest BCUT2D eigenvalue weighted by Gasteiger charge is -2.04. The summed E-state index contributed by atoms with van der Waals surface area (Å²) in [4.78, 5) is 2.61. The van der Waals surface area contributed by atoms with Gasteiger partial charge in [-0.3, -0.25) is 0 Å². The van der Waals surface area contributed by atoms with E-state index < -0.39 is 0 Å². The molecule has 0 aromatic carbocycles. The van der Waals surface area contributed by atoms with Gasteiger partial charge in [0.15, 0.2) is 5.01 Å². The molecule has 3 nitrogen and oxygen atoms in total. The zero-order valence-corrected chi connectivity index (χ0v) is 13.6. The first-order valence-corrected chi connectivity index (χ1v) is 8.30. The lowest BCUT2D eigenvalue weighted by molar-refractivity contribution is 0.553. The minimum atomic E-state index is 0.696. The minimum Gasteiger partial charge on any atom is -0.316 e. The van der Waals surface area contributed by atoms with E-state index in [9.17, 15) is 0 Å². The molecule has 0 aliphatic carbocycles. The largest absolute Gasteiger partial charge is 0.316 e. The van der Waals surface area contributed by atoms with Gasteiger partial charge in [0.2, 0.25) is 0 Å². The molecule has 5 heteroatoms. The Kier molecular flexibility index (Phi) is 5.07. The summed E-state index contributed by atoms with van der Waals surface area (Å²) in [5, 5.41) is 14.2. The quantitative estimate of drug-likeness (QED) is 0.826. The van der Waals surface area contributed by atoms with E-state index in [2.05, 4.69) is 49.3 Å². The van der Waals surface area contributed by atoms with Crippen molar-refractivity contribution in [2.24, 2.45) is 5.92 Å². The number of hydrogen-bond donors (Lipinski definition) is 1. The van der Waals surface area contributed by atoms with E-state index in [-0.39, 0.29) is 0 Å². The van der Waals surface area contributed by atoms with Crippen LogP contribution in [0.4, 0.5) is 0 Å². The highest BCUT2D eigenvalue weighted by molar-refractivity contribution is 7.21. The summed E-state index contributed by atoms with van der Waals surface area (Å²) in [5.74, 6) is 0.696. The zero-order valence-electron chi connectivity index (χ0n) is 12.0. The Hall–Kier alpha value is -0.780. The van der Waals surface area contributed by atoms with Crippen LogP contribution in [-0.2, 0) is 6.42 Å². The summed E-state index contributed by atoms with van der Waals surface area (Å²) in [5.41, 5.74) is 1.34. The average molecular weight is 295 g/mol. The third-order valence-electron chi connectivity index (χ3n) is 2.91. The number of aryl methyl sites for hydroxylation is 2. The molecule has 0 aliphatic rings. The van der Waals surface area contributed by atoms with Gasteiger partial charge in [0.05, 0.1) is 4.88 Å². The van der Waals surface area contributed by atoms with Gasteiger partial charge in [-0.15, -0.1) is 21.5 Å². The SMILES string of the molecule is Cc1cc(-c2nnc(CCNCC(C)C)s2)sc1C. The maximum Gasteiger partial charge on any atom is 0.157 e. The van der Waals surface area contributed by atoms with Crippen LogP contribution in [0, 0.1) is 19.8 Å². The van der Waals surface area contributed by atoms with Crippen molar-refractivity contribution in [2.75, 3.05) is 13.1 Å². The molecular formula is C14H21N3S2. The molecule has 19 heavy (non-hydrogen) atoms. The normalized spacial score (nSPS) is 11.4. The molecule has 0 saturated carbocycles. The fourth-order valence-electron chi connectivity index (χ4n) is 1.72. The molecule has 0 aliphatic heterocycles. The fourth-order valence-corrected chi connectivity index (χ4v) is 3.63. The van der Waals surface area contributed by atoms with E-state index in [1.54, 1.807) is 22.7 Å². The third-order valence-corrected chi connectivity index (χ3v) is 5.22. The molecule has 0 atom stereocenters. The fraction of sp³-hybridized carbons (Fsp3) is 0.571. The van der Waals surface area contributed by atoms with Crippen LogP contribution in [0.25, 0.3) is 9.88 Å².